The van der Waals surface area contributed by atoms with E-state index >= 15 is 0 Å². The number of aryl methyl sites for hydroxylation is 1. The first-order valence-corrected chi connectivity index (χ1v) is 12.1. The van der Waals surface area contributed by atoms with Crippen molar-refractivity contribution in [3.63, 3.8) is 0 Å². The Morgan fingerprint density at radius 1 is 1.00 bits per heavy atom. The number of ether oxygens (including phenoxy) is 1. The Bertz CT molecular complexity index is 1160. The second kappa shape index (κ2) is 9.66. The molecule has 0 saturated carbocycles. The Hall–Kier alpha value is -2.64. The summed E-state index contributed by atoms with van der Waals surface area (Å²) in [4.78, 5) is 13.2. The minimum atomic E-state index is -4.11. The van der Waals surface area contributed by atoms with Crippen LogP contribution in [0.5, 0.6) is 5.75 Å². The van der Waals surface area contributed by atoms with E-state index in [1.807, 2.05) is 32.9 Å². The van der Waals surface area contributed by atoms with Crippen molar-refractivity contribution >= 4 is 37.5 Å². The number of rotatable bonds is 7. The number of halogens is 1. The Balaban J connectivity index is 1.95. The monoisotopic (exact) mass is 501 g/mol. The summed E-state index contributed by atoms with van der Waals surface area (Å²) >= 11 is 3.45. The van der Waals surface area contributed by atoms with Crippen LogP contribution in [0, 0.1) is 6.92 Å². The number of hydrogen-bond donors (Lipinski definition) is 0. The van der Waals surface area contributed by atoms with Crippen molar-refractivity contribution in [3.05, 3.63) is 88.4 Å². The Labute approximate surface area is 191 Å². The van der Waals surface area contributed by atoms with Gasteiger partial charge < -0.3 is 4.74 Å². The summed E-state index contributed by atoms with van der Waals surface area (Å²) in [5, 5.41) is 0. The summed E-state index contributed by atoms with van der Waals surface area (Å²) in [5.41, 5.74) is 2.15. The molecule has 7 heteroatoms. The highest BCUT2D eigenvalue weighted by Crippen LogP contribution is 2.30. The van der Waals surface area contributed by atoms with Gasteiger partial charge in [-0.05, 0) is 60.9 Å². The molecule has 5 nitrogen and oxygen atoms in total. The molecule has 0 aliphatic heterocycles. The molecule has 3 rings (SSSR count). The van der Waals surface area contributed by atoms with Gasteiger partial charge in [-0.2, -0.15) is 4.31 Å². The number of amides is 1. The van der Waals surface area contributed by atoms with E-state index in [0.29, 0.717) is 5.75 Å². The van der Waals surface area contributed by atoms with Crippen LogP contribution in [0.4, 0.5) is 5.69 Å². The van der Waals surface area contributed by atoms with Crippen molar-refractivity contribution in [2.24, 2.45) is 0 Å². The molecule has 0 atom stereocenters. The van der Waals surface area contributed by atoms with Crippen LogP contribution < -0.4 is 9.04 Å². The zero-order valence-corrected chi connectivity index (χ0v) is 20.0. The van der Waals surface area contributed by atoms with Gasteiger partial charge in [0.2, 0.25) is 0 Å². The minimum Gasteiger partial charge on any atom is -0.483 e. The molecule has 3 aromatic rings. The van der Waals surface area contributed by atoms with Gasteiger partial charge in [0.15, 0.2) is 6.61 Å². The molecule has 0 N–H and O–H groups in total. The normalized spacial score (nSPS) is 11.4. The number of anilines is 1. The molecule has 0 aromatic heterocycles. The zero-order valence-electron chi connectivity index (χ0n) is 17.6. The molecule has 1 amide bonds. The Kier molecular flexibility index (Phi) is 7.18. The van der Waals surface area contributed by atoms with E-state index < -0.39 is 22.5 Å². The summed E-state index contributed by atoms with van der Waals surface area (Å²) < 4.78 is 34.2. The van der Waals surface area contributed by atoms with Crippen LogP contribution in [-0.4, -0.2) is 20.9 Å². The van der Waals surface area contributed by atoms with Crippen LogP contribution in [0.3, 0.4) is 0 Å². The fraction of sp³-hybridized carbons (Fsp3) is 0.208. The van der Waals surface area contributed by atoms with E-state index in [2.05, 4.69) is 15.9 Å². The molecule has 0 fully saturated rings. The van der Waals surface area contributed by atoms with Crippen molar-refractivity contribution < 1.29 is 17.9 Å². The maximum atomic E-state index is 13.3. The second-order valence-corrected chi connectivity index (χ2v) is 10.1. The zero-order chi connectivity index (χ0) is 22.6. The maximum Gasteiger partial charge on any atom is 0.278 e. The van der Waals surface area contributed by atoms with Crippen molar-refractivity contribution in [1.29, 1.82) is 0 Å². The highest BCUT2D eigenvalue weighted by atomic mass is 79.9. The average Bonchev–Trinajstić information content (AvgIpc) is 2.74. The van der Waals surface area contributed by atoms with Gasteiger partial charge in [0, 0.05) is 4.47 Å². The summed E-state index contributed by atoms with van der Waals surface area (Å²) in [5.74, 6) is 0.0432. The van der Waals surface area contributed by atoms with Crippen LogP contribution in [0.25, 0.3) is 0 Å². The lowest BCUT2D eigenvalue weighted by molar-refractivity contribution is -0.119. The van der Waals surface area contributed by atoms with Crippen LogP contribution in [0.2, 0.25) is 0 Å². The van der Waals surface area contributed by atoms with Crippen LogP contribution in [0.15, 0.2) is 82.2 Å². The van der Waals surface area contributed by atoms with E-state index in [1.165, 1.54) is 12.1 Å². The third-order valence-electron chi connectivity index (χ3n) is 4.72. The van der Waals surface area contributed by atoms with Crippen LogP contribution in [-0.2, 0) is 14.8 Å². The smallest absolute Gasteiger partial charge is 0.278 e. The molecule has 31 heavy (non-hydrogen) atoms. The maximum absolute atomic E-state index is 13.3. The molecule has 0 unspecified atom stereocenters. The molecule has 0 heterocycles. The first kappa shape index (κ1) is 23.0. The third kappa shape index (κ3) is 5.35. The highest BCUT2D eigenvalue weighted by molar-refractivity contribution is 9.10. The lowest BCUT2D eigenvalue weighted by atomic mass is 10.0. The summed E-state index contributed by atoms with van der Waals surface area (Å²) in [6.07, 6.45) is 0. The van der Waals surface area contributed by atoms with Gasteiger partial charge in [0.25, 0.3) is 15.9 Å². The van der Waals surface area contributed by atoms with E-state index in [9.17, 15) is 13.2 Å². The fourth-order valence-corrected chi connectivity index (χ4v) is 4.91. The second-order valence-electron chi connectivity index (χ2n) is 7.44. The predicted octanol–water partition coefficient (Wildman–Crippen LogP) is 5.68. The first-order valence-electron chi connectivity index (χ1n) is 9.82. The van der Waals surface area contributed by atoms with Crippen LogP contribution in [0.1, 0.15) is 30.9 Å². The van der Waals surface area contributed by atoms with Gasteiger partial charge in [-0.15, -0.1) is 0 Å². The summed E-state index contributed by atoms with van der Waals surface area (Å²) in [6, 6.07) is 20.2. The quantitative estimate of drug-likeness (QED) is 0.417. The predicted molar refractivity (Wildman–Crippen MR) is 126 cm³/mol. The molecular weight excluding hydrogens is 478 g/mol. The lowest BCUT2D eigenvalue weighted by Crippen LogP contribution is -2.40. The molecule has 3 aromatic carbocycles. The molecule has 0 radical (unpaired) electrons. The number of benzene rings is 3. The largest absolute Gasteiger partial charge is 0.483 e. The molecule has 0 aliphatic carbocycles. The Morgan fingerprint density at radius 3 is 2.26 bits per heavy atom. The van der Waals surface area contributed by atoms with Crippen LogP contribution >= 0.6 is 15.9 Å². The molecular formula is C24H24BrNO4S. The van der Waals surface area contributed by atoms with Gasteiger partial charge >= 0.3 is 0 Å². The Morgan fingerprint density at radius 2 is 1.65 bits per heavy atom. The van der Waals surface area contributed by atoms with Crippen molar-refractivity contribution in [2.45, 2.75) is 31.6 Å². The fourth-order valence-electron chi connectivity index (χ4n) is 3.09. The van der Waals surface area contributed by atoms with Gasteiger partial charge in [0.1, 0.15) is 5.75 Å². The lowest BCUT2D eigenvalue weighted by Gasteiger charge is -2.23. The number of sulfonamides is 1. The average molecular weight is 502 g/mol. The van der Waals surface area contributed by atoms with Crippen molar-refractivity contribution in [1.82, 2.24) is 0 Å². The van der Waals surface area contributed by atoms with E-state index in [1.54, 1.807) is 48.5 Å². The molecule has 0 saturated heterocycles. The standard InChI is InChI=1S/C24H24BrNO4S/c1-17(2)22-15-19(25)11-14-23(22)30-16-24(27)26(20-12-9-18(3)10-13-20)31(28,29)21-7-5-4-6-8-21/h4-15,17H,16H2,1-3H3. The molecule has 0 spiro atoms. The van der Waals surface area contributed by atoms with E-state index in [4.69, 9.17) is 4.74 Å². The third-order valence-corrected chi connectivity index (χ3v) is 6.98. The number of nitrogens with zero attached hydrogens (tertiary/aromatic N) is 1. The first-order chi connectivity index (χ1) is 14.7. The van der Waals surface area contributed by atoms with E-state index in [0.717, 1.165) is 19.9 Å². The van der Waals surface area contributed by atoms with Gasteiger partial charge in [-0.1, -0.05) is 65.7 Å². The van der Waals surface area contributed by atoms with Crippen molar-refractivity contribution in [3.8, 4) is 5.75 Å². The van der Waals surface area contributed by atoms with E-state index in [-0.39, 0.29) is 16.5 Å². The summed E-state index contributed by atoms with van der Waals surface area (Å²) in [6.45, 7) is 5.52. The van der Waals surface area contributed by atoms with Crippen molar-refractivity contribution in [2.75, 3.05) is 10.9 Å². The molecule has 0 aliphatic rings. The molecule has 162 valence electrons. The number of carbonyl (C=O) groups is 1. The van der Waals surface area contributed by atoms with Gasteiger partial charge in [0.05, 0.1) is 10.6 Å². The number of carbonyl (C=O) groups excluding carboxylic acids is 1. The highest BCUT2D eigenvalue weighted by Gasteiger charge is 2.31. The number of hydrogen-bond acceptors (Lipinski definition) is 4. The molecule has 0 bridgehead atoms. The van der Waals surface area contributed by atoms with Gasteiger partial charge in [-0.25, -0.2) is 8.42 Å². The topological polar surface area (TPSA) is 63.7 Å². The summed E-state index contributed by atoms with van der Waals surface area (Å²) in [7, 11) is -4.11. The SMILES string of the molecule is Cc1ccc(N(C(=O)COc2ccc(Br)cc2C(C)C)S(=O)(=O)c2ccccc2)cc1. The minimum absolute atomic E-state index is 0.0374. The van der Waals surface area contributed by atoms with Gasteiger partial charge in [-0.3, -0.25) is 4.79 Å².